The Morgan fingerprint density at radius 3 is 2.38 bits per heavy atom. The highest BCUT2D eigenvalue weighted by atomic mass is 32.2. The van der Waals surface area contributed by atoms with Crippen LogP contribution in [0.1, 0.15) is 20.3 Å². The van der Waals surface area contributed by atoms with Gasteiger partial charge in [-0.2, -0.15) is 0 Å². The fourth-order valence-corrected chi connectivity index (χ4v) is 3.87. The van der Waals surface area contributed by atoms with E-state index in [2.05, 4.69) is 4.90 Å². The zero-order valence-electron chi connectivity index (χ0n) is 15.6. The summed E-state index contributed by atoms with van der Waals surface area (Å²) in [5.74, 6) is 0.580. The molecule has 26 heavy (non-hydrogen) atoms. The minimum atomic E-state index is -0.239. The topological polar surface area (TPSA) is 43.9 Å². The number of hydrogen-bond acceptors (Lipinski definition) is 4. The summed E-state index contributed by atoms with van der Waals surface area (Å²) in [4.78, 5) is 30.9. The minimum absolute atomic E-state index is 0.101. The molecule has 1 saturated heterocycles. The molecular formula is C19H28FN3O2S. The van der Waals surface area contributed by atoms with Crippen LogP contribution in [0.5, 0.6) is 0 Å². The highest BCUT2D eigenvalue weighted by molar-refractivity contribution is 7.99. The highest BCUT2D eigenvalue weighted by Crippen LogP contribution is 2.22. The first-order valence-corrected chi connectivity index (χ1v) is 10.2. The molecule has 0 spiro atoms. The van der Waals surface area contributed by atoms with Gasteiger partial charge in [-0.15, -0.1) is 11.8 Å². The normalized spacial score (nSPS) is 15.1. The summed E-state index contributed by atoms with van der Waals surface area (Å²) in [6.45, 7) is 8.59. The van der Waals surface area contributed by atoms with Crippen molar-refractivity contribution in [3.05, 3.63) is 30.1 Å². The number of carbonyl (C=O) groups excluding carboxylic acids is 2. The molecule has 0 atom stereocenters. The smallest absolute Gasteiger partial charge is 0.236 e. The van der Waals surface area contributed by atoms with Crippen molar-refractivity contribution in [1.82, 2.24) is 14.7 Å². The summed E-state index contributed by atoms with van der Waals surface area (Å²) in [5.41, 5.74) is 0. The summed E-state index contributed by atoms with van der Waals surface area (Å²) in [5, 5.41) is 0. The number of rotatable bonds is 8. The number of amides is 2. The fourth-order valence-electron chi connectivity index (χ4n) is 2.99. The van der Waals surface area contributed by atoms with Crippen LogP contribution in [0.4, 0.5) is 4.39 Å². The van der Waals surface area contributed by atoms with E-state index in [4.69, 9.17) is 0 Å². The molecule has 2 rings (SSSR count). The molecule has 2 amide bonds. The lowest BCUT2D eigenvalue weighted by atomic mass is 10.2. The first-order valence-electron chi connectivity index (χ1n) is 9.20. The number of likely N-dealkylation sites (N-methyl/N-ethyl adjacent to an activating group) is 1. The van der Waals surface area contributed by atoms with Gasteiger partial charge in [0, 0.05) is 56.3 Å². The number of halogens is 1. The van der Waals surface area contributed by atoms with E-state index in [1.807, 2.05) is 23.6 Å². The van der Waals surface area contributed by atoms with Gasteiger partial charge in [-0.05, 0) is 26.0 Å². The van der Waals surface area contributed by atoms with Crippen molar-refractivity contribution in [3.8, 4) is 0 Å². The van der Waals surface area contributed by atoms with E-state index in [9.17, 15) is 14.0 Å². The zero-order valence-corrected chi connectivity index (χ0v) is 16.4. The molecule has 1 aliphatic heterocycles. The molecule has 1 aliphatic rings. The monoisotopic (exact) mass is 381 g/mol. The molecule has 1 aromatic carbocycles. The maximum Gasteiger partial charge on any atom is 0.236 e. The Kier molecular flexibility index (Phi) is 8.38. The molecule has 1 fully saturated rings. The maximum atomic E-state index is 13.6. The molecule has 0 aromatic heterocycles. The molecule has 5 nitrogen and oxygen atoms in total. The van der Waals surface area contributed by atoms with Crippen LogP contribution >= 0.6 is 11.8 Å². The molecule has 0 N–H and O–H groups in total. The van der Waals surface area contributed by atoms with Crippen molar-refractivity contribution in [2.45, 2.75) is 25.2 Å². The van der Waals surface area contributed by atoms with Crippen LogP contribution in [0.25, 0.3) is 0 Å². The largest absolute Gasteiger partial charge is 0.342 e. The predicted octanol–water partition coefficient (Wildman–Crippen LogP) is 2.32. The van der Waals surface area contributed by atoms with Crippen molar-refractivity contribution in [2.75, 3.05) is 51.6 Å². The van der Waals surface area contributed by atoms with Gasteiger partial charge in [0.25, 0.3) is 0 Å². The van der Waals surface area contributed by atoms with E-state index < -0.39 is 0 Å². The van der Waals surface area contributed by atoms with Crippen molar-refractivity contribution >= 4 is 23.6 Å². The van der Waals surface area contributed by atoms with Gasteiger partial charge in [0.2, 0.25) is 11.8 Å². The number of carbonyl (C=O) groups is 2. The lowest BCUT2D eigenvalue weighted by Gasteiger charge is -2.35. The van der Waals surface area contributed by atoms with Gasteiger partial charge in [0.15, 0.2) is 0 Å². The Balaban J connectivity index is 1.69. The first kappa shape index (κ1) is 20.7. The van der Waals surface area contributed by atoms with E-state index in [0.717, 1.165) is 26.2 Å². The standard InChI is InChI=1S/C19H28FN3O2S/c1-3-22(4-2)19(25)15-21-10-12-23(13-11-21)18(24)9-14-26-17-8-6-5-7-16(17)20/h5-8H,3-4,9-15H2,1-2H3. The van der Waals surface area contributed by atoms with Crippen LogP contribution in [0.3, 0.4) is 0 Å². The average molecular weight is 382 g/mol. The van der Waals surface area contributed by atoms with Gasteiger partial charge in [-0.3, -0.25) is 14.5 Å². The third-order valence-corrected chi connectivity index (χ3v) is 5.66. The van der Waals surface area contributed by atoms with Gasteiger partial charge >= 0.3 is 0 Å². The van der Waals surface area contributed by atoms with Gasteiger partial charge < -0.3 is 9.80 Å². The van der Waals surface area contributed by atoms with Crippen LogP contribution in [-0.2, 0) is 9.59 Å². The average Bonchev–Trinajstić information content (AvgIpc) is 2.65. The third kappa shape index (κ3) is 5.99. The second-order valence-corrected chi connectivity index (χ2v) is 7.39. The molecule has 0 bridgehead atoms. The lowest BCUT2D eigenvalue weighted by molar-refractivity contribution is -0.134. The Bertz CT molecular complexity index is 602. The molecular weight excluding hydrogens is 353 g/mol. The van der Waals surface area contributed by atoms with Crippen LogP contribution in [0.15, 0.2) is 29.2 Å². The fraction of sp³-hybridized carbons (Fsp3) is 0.579. The summed E-state index contributed by atoms with van der Waals surface area (Å²) in [7, 11) is 0. The number of hydrogen-bond donors (Lipinski definition) is 0. The lowest BCUT2D eigenvalue weighted by Crippen LogP contribution is -2.51. The molecule has 144 valence electrons. The Morgan fingerprint density at radius 2 is 1.77 bits per heavy atom. The van der Waals surface area contributed by atoms with E-state index in [1.165, 1.54) is 17.8 Å². The molecule has 1 aromatic rings. The van der Waals surface area contributed by atoms with Crippen LogP contribution in [0, 0.1) is 5.82 Å². The SMILES string of the molecule is CCN(CC)C(=O)CN1CCN(C(=O)CCSc2ccccc2F)CC1. The summed E-state index contributed by atoms with van der Waals surface area (Å²) < 4.78 is 13.6. The zero-order chi connectivity index (χ0) is 18.9. The van der Waals surface area contributed by atoms with Gasteiger partial charge in [-0.25, -0.2) is 4.39 Å². The molecule has 0 aliphatic carbocycles. The van der Waals surface area contributed by atoms with E-state index in [0.29, 0.717) is 36.7 Å². The molecule has 0 radical (unpaired) electrons. The van der Waals surface area contributed by atoms with Crippen molar-refractivity contribution < 1.29 is 14.0 Å². The molecule has 0 saturated carbocycles. The number of benzene rings is 1. The summed E-state index contributed by atoms with van der Waals surface area (Å²) in [6.07, 6.45) is 0.400. The quantitative estimate of drug-likeness (QED) is 0.649. The van der Waals surface area contributed by atoms with E-state index in [1.54, 1.807) is 18.2 Å². The first-order chi connectivity index (χ1) is 12.5. The predicted molar refractivity (Wildman–Crippen MR) is 103 cm³/mol. The second kappa shape index (κ2) is 10.5. The minimum Gasteiger partial charge on any atom is -0.342 e. The Labute approximate surface area is 159 Å². The Morgan fingerprint density at radius 1 is 1.12 bits per heavy atom. The van der Waals surface area contributed by atoms with E-state index in [-0.39, 0.29) is 17.6 Å². The van der Waals surface area contributed by atoms with Crippen LogP contribution < -0.4 is 0 Å². The van der Waals surface area contributed by atoms with Crippen molar-refractivity contribution in [3.63, 3.8) is 0 Å². The van der Waals surface area contributed by atoms with Gasteiger partial charge in [-0.1, -0.05) is 12.1 Å². The Hall–Kier alpha value is -1.60. The number of piperazine rings is 1. The molecule has 1 heterocycles. The third-order valence-electron chi connectivity index (χ3n) is 4.61. The van der Waals surface area contributed by atoms with Gasteiger partial charge in [0.05, 0.1) is 6.54 Å². The van der Waals surface area contributed by atoms with Crippen LogP contribution in [0.2, 0.25) is 0 Å². The molecule has 0 unspecified atom stereocenters. The number of thioether (sulfide) groups is 1. The summed E-state index contributed by atoms with van der Waals surface area (Å²) in [6, 6.07) is 6.62. The summed E-state index contributed by atoms with van der Waals surface area (Å²) >= 11 is 1.37. The second-order valence-electron chi connectivity index (χ2n) is 6.25. The number of nitrogens with zero attached hydrogens (tertiary/aromatic N) is 3. The van der Waals surface area contributed by atoms with Crippen molar-refractivity contribution in [2.24, 2.45) is 0 Å². The van der Waals surface area contributed by atoms with Gasteiger partial charge in [0.1, 0.15) is 5.82 Å². The maximum absolute atomic E-state index is 13.6. The molecule has 7 heteroatoms. The van der Waals surface area contributed by atoms with Crippen LogP contribution in [-0.4, -0.2) is 78.1 Å². The van der Waals surface area contributed by atoms with Crippen molar-refractivity contribution in [1.29, 1.82) is 0 Å². The van der Waals surface area contributed by atoms with E-state index >= 15 is 0 Å². The highest BCUT2D eigenvalue weighted by Gasteiger charge is 2.23.